The van der Waals surface area contributed by atoms with Gasteiger partial charge in [-0.15, -0.1) is 11.8 Å². The molecule has 2 aliphatic rings. The molecule has 1 N–H and O–H groups in total. The van der Waals surface area contributed by atoms with Crippen LogP contribution in [-0.4, -0.2) is 49.8 Å². The molecule has 130 valence electrons. The third kappa shape index (κ3) is 3.59. The molecule has 1 unspecified atom stereocenters. The molecule has 1 aliphatic heterocycles. The molecule has 1 atom stereocenters. The summed E-state index contributed by atoms with van der Waals surface area (Å²) in [5.41, 5.74) is 0.939. The summed E-state index contributed by atoms with van der Waals surface area (Å²) in [4.78, 5) is 27.4. The van der Waals surface area contributed by atoms with Gasteiger partial charge in [0.15, 0.2) is 0 Å². The molecule has 2 fully saturated rings. The molecule has 1 saturated carbocycles. The molecular formula is C18H24N2O3S. The molecule has 1 heterocycles. The topological polar surface area (TPSA) is 58.6 Å². The van der Waals surface area contributed by atoms with Gasteiger partial charge >= 0.3 is 0 Å². The van der Waals surface area contributed by atoms with Gasteiger partial charge < -0.3 is 15.0 Å². The zero-order valence-corrected chi connectivity index (χ0v) is 15.0. The summed E-state index contributed by atoms with van der Waals surface area (Å²) in [5.74, 6) is -0.00286. The molecular weight excluding hydrogens is 324 g/mol. The fraction of sp³-hybridized carbons (Fsp3) is 0.556. The molecule has 5 nitrogen and oxygen atoms in total. The number of hydrogen-bond donors (Lipinski definition) is 1. The molecule has 0 bridgehead atoms. The maximum Gasteiger partial charge on any atom is 0.244 e. The standard InChI is InChI=1S/C18H24N2O3S/c1-20(17(22)13-11-18(13)7-9-23-10-8-18)12-16(21)19-14-5-3-4-6-15(14)24-2/h3-6,13H,7-12H2,1-2H3,(H,19,21). The highest BCUT2D eigenvalue weighted by Crippen LogP contribution is 2.59. The van der Waals surface area contributed by atoms with Crippen molar-refractivity contribution in [3.05, 3.63) is 24.3 Å². The minimum atomic E-state index is -0.158. The smallest absolute Gasteiger partial charge is 0.244 e. The lowest BCUT2D eigenvalue weighted by Gasteiger charge is -2.24. The number of para-hydroxylation sites is 1. The van der Waals surface area contributed by atoms with Crippen molar-refractivity contribution in [2.45, 2.75) is 24.2 Å². The molecule has 3 rings (SSSR count). The molecule has 1 spiro atoms. The van der Waals surface area contributed by atoms with Crippen molar-refractivity contribution in [2.24, 2.45) is 11.3 Å². The summed E-state index contributed by atoms with van der Waals surface area (Å²) in [7, 11) is 1.72. The SMILES string of the molecule is CSc1ccccc1NC(=O)CN(C)C(=O)C1CC12CCOCC2. The van der Waals surface area contributed by atoms with Crippen LogP contribution in [0.5, 0.6) is 0 Å². The van der Waals surface area contributed by atoms with E-state index in [0.717, 1.165) is 43.1 Å². The number of carbonyl (C=O) groups is 2. The van der Waals surface area contributed by atoms with Crippen LogP contribution >= 0.6 is 11.8 Å². The highest BCUT2D eigenvalue weighted by atomic mass is 32.2. The number of thioether (sulfide) groups is 1. The first-order valence-corrected chi connectivity index (χ1v) is 9.54. The molecule has 1 aromatic carbocycles. The Labute approximate surface area is 147 Å². The van der Waals surface area contributed by atoms with Crippen molar-refractivity contribution in [3.8, 4) is 0 Å². The summed E-state index contributed by atoms with van der Waals surface area (Å²) in [6, 6.07) is 7.68. The molecule has 1 saturated heterocycles. The number of rotatable bonds is 5. The average molecular weight is 348 g/mol. The van der Waals surface area contributed by atoms with Gasteiger partial charge in [-0.1, -0.05) is 12.1 Å². The molecule has 1 aromatic rings. The maximum atomic E-state index is 12.6. The third-order valence-corrected chi connectivity index (χ3v) is 5.91. The molecule has 6 heteroatoms. The Balaban J connectivity index is 1.54. The Morgan fingerprint density at radius 3 is 2.75 bits per heavy atom. The van der Waals surface area contributed by atoms with E-state index in [4.69, 9.17) is 4.74 Å². The van der Waals surface area contributed by atoms with Crippen LogP contribution in [0.1, 0.15) is 19.3 Å². The normalized spacial score (nSPS) is 21.3. The number of carbonyl (C=O) groups excluding carboxylic acids is 2. The van der Waals surface area contributed by atoms with Crippen molar-refractivity contribution < 1.29 is 14.3 Å². The van der Waals surface area contributed by atoms with Crippen LogP contribution in [0.4, 0.5) is 5.69 Å². The minimum absolute atomic E-state index is 0.0673. The van der Waals surface area contributed by atoms with Gasteiger partial charge in [0.1, 0.15) is 0 Å². The lowest BCUT2D eigenvalue weighted by atomic mass is 9.93. The summed E-state index contributed by atoms with van der Waals surface area (Å²) < 4.78 is 5.40. The number of anilines is 1. The van der Waals surface area contributed by atoms with Gasteiger partial charge in [0.25, 0.3) is 0 Å². The van der Waals surface area contributed by atoms with E-state index in [0.29, 0.717) is 0 Å². The van der Waals surface area contributed by atoms with Gasteiger partial charge in [-0.25, -0.2) is 0 Å². The Morgan fingerprint density at radius 2 is 2.04 bits per heavy atom. The van der Waals surface area contributed by atoms with E-state index >= 15 is 0 Å². The largest absolute Gasteiger partial charge is 0.381 e. The summed E-state index contributed by atoms with van der Waals surface area (Å²) in [6.45, 7) is 1.59. The van der Waals surface area contributed by atoms with Gasteiger partial charge in [-0.2, -0.15) is 0 Å². The zero-order valence-electron chi connectivity index (χ0n) is 14.2. The number of hydrogen-bond acceptors (Lipinski definition) is 4. The number of nitrogens with zero attached hydrogens (tertiary/aromatic N) is 1. The van der Waals surface area contributed by atoms with Gasteiger partial charge in [-0.3, -0.25) is 9.59 Å². The fourth-order valence-corrected chi connectivity index (χ4v) is 4.08. The van der Waals surface area contributed by atoms with E-state index in [1.54, 1.807) is 23.7 Å². The zero-order chi connectivity index (χ0) is 17.2. The van der Waals surface area contributed by atoms with Gasteiger partial charge in [-0.05, 0) is 43.1 Å². The quantitative estimate of drug-likeness (QED) is 0.831. The van der Waals surface area contributed by atoms with Gasteiger partial charge in [0.05, 0.1) is 12.2 Å². The van der Waals surface area contributed by atoms with Gasteiger partial charge in [0.2, 0.25) is 11.8 Å². The number of likely N-dealkylation sites (N-methyl/N-ethyl adjacent to an activating group) is 1. The first-order valence-electron chi connectivity index (χ1n) is 8.31. The van der Waals surface area contributed by atoms with Crippen LogP contribution < -0.4 is 5.32 Å². The van der Waals surface area contributed by atoms with E-state index in [1.807, 2.05) is 30.5 Å². The summed E-state index contributed by atoms with van der Waals surface area (Å²) in [6.07, 6.45) is 4.84. The maximum absolute atomic E-state index is 12.6. The van der Waals surface area contributed by atoms with E-state index in [2.05, 4.69) is 5.32 Å². The van der Waals surface area contributed by atoms with Crippen LogP contribution in [0.25, 0.3) is 0 Å². The van der Waals surface area contributed by atoms with Crippen molar-refractivity contribution in [1.29, 1.82) is 0 Å². The van der Waals surface area contributed by atoms with Crippen molar-refractivity contribution in [3.63, 3.8) is 0 Å². The summed E-state index contributed by atoms with van der Waals surface area (Å²) in [5, 5.41) is 2.90. The fourth-order valence-electron chi connectivity index (χ4n) is 3.52. The number of amides is 2. The third-order valence-electron chi connectivity index (χ3n) is 5.11. The minimum Gasteiger partial charge on any atom is -0.381 e. The molecule has 2 amide bonds. The number of ether oxygens (including phenoxy) is 1. The molecule has 0 aromatic heterocycles. The first kappa shape index (κ1) is 17.3. The Morgan fingerprint density at radius 1 is 1.33 bits per heavy atom. The predicted molar refractivity (Wildman–Crippen MR) is 95.1 cm³/mol. The average Bonchev–Trinajstić information content (AvgIpc) is 3.28. The van der Waals surface area contributed by atoms with Crippen LogP contribution in [0.3, 0.4) is 0 Å². The van der Waals surface area contributed by atoms with E-state index in [1.165, 1.54) is 0 Å². The lowest BCUT2D eigenvalue weighted by molar-refractivity contribution is -0.135. The molecule has 1 aliphatic carbocycles. The highest BCUT2D eigenvalue weighted by molar-refractivity contribution is 7.98. The second-order valence-electron chi connectivity index (χ2n) is 6.67. The van der Waals surface area contributed by atoms with Crippen LogP contribution in [0.15, 0.2) is 29.2 Å². The Kier molecular flexibility index (Phi) is 5.15. The lowest BCUT2D eigenvalue weighted by Crippen LogP contribution is -2.37. The molecule has 24 heavy (non-hydrogen) atoms. The van der Waals surface area contributed by atoms with E-state index in [-0.39, 0.29) is 29.7 Å². The second-order valence-corrected chi connectivity index (χ2v) is 7.52. The monoisotopic (exact) mass is 348 g/mol. The van der Waals surface area contributed by atoms with Crippen molar-refractivity contribution in [1.82, 2.24) is 4.90 Å². The number of nitrogens with one attached hydrogen (secondary N) is 1. The predicted octanol–water partition coefficient (Wildman–Crippen LogP) is 2.62. The highest BCUT2D eigenvalue weighted by Gasteiger charge is 2.58. The molecule has 0 radical (unpaired) electrons. The first-order chi connectivity index (χ1) is 11.6. The van der Waals surface area contributed by atoms with E-state index in [9.17, 15) is 9.59 Å². The summed E-state index contributed by atoms with van der Waals surface area (Å²) >= 11 is 1.59. The van der Waals surface area contributed by atoms with Crippen LogP contribution in [0, 0.1) is 11.3 Å². The van der Waals surface area contributed by atoms with E-state index < -0.39 is 0 Å². The van der Waals surface area contributed by atoms with Crippen molar-refractivity contribution >= 4 is 29.3 Å². The Hall–Kier alpha value is -1.53. The number of benzene rings is 1. The van der Waals surface area contributed by atoms with Crippen LogP contribution in [-0.2, 0) is 14.3 Å². The Bertz CT molecular complexity index is 628. The van der Waals surface area contributed by atoms with Crippen LogP contribution in [0.2, 0.25) is 0 Å². The van der Waals surface area contributed by atoms with Gasteiger partial charge in [0, 0.05) is 31.1 Å². The second kappa shape index (κ2) is 7.15. The van der Waals surface area contributed by atoms with Crippen molar-refractivity contribution in [2.75, 3.05) is 38.4 Å².